The lowest BCUT2D eigenvalue weighted by Gasteiger charge is -2.08. The Labute approximate surface area is 86.1 Å². The van der Waals surface area contributed by atoms with Gasteiger partial charge in [0, 0.05) is 5.56 Å². The van der Waals surface area contributed by atoms with Gasteiger partial charge in [-0.1, -0.05) is 0 Å². The molecule has 0 aliphatic carbocycles. The second-order valence-electron chi connectivity index (χ2n) is 2.70. The van der Waals surface area contributed by atoms with Gasteiger partial charge in [-0.3, -0.25) is 9.59 Å². The Kier molecular flexibility index (Phi) is 3.03. The first kappa shape index (κ1) is 10.7. The Balaban J connectivity index is 3.56. The lowest BCUT2D eigenvalue weighted by atomic mass is 10.0. The maximum Gasteiger partial charge on any atom is 0.252 e. The number of primary amides is 1. The van der Waals surface area contributed by atoms with E-state index in [0.29, 0.717) is 6.29 Å². The van der Waals surface area contributed by atoms with Gasteiger partial charge in [-0.2, -0.15) is 5.26 Å². The summed E-state index contributed by atoms with van der Waals surface area (Å²) in [6, 6.07) is 4.51. The van der Waals surface area contributed by atoms with Gasteiger partial charge < -0.3 is 10.5 Å². The van der Waals surface area contributed by atoms with Crippen molar-refractivity contribution in [3.8, 4) is 11.8 Å². The highest BCUT2D eigenvalue weighted by atomic mass is 16.5. The van der Waals surface area contributed by atoms with Crippen LogP contribution < -0.4 is 10.5 Å². The Morgan fingerprint density at radius 3 is 2.67 bits per heavy atom. The van der Waals surface area contributed by atoms with Gasteiger partial charge in [-0.15, -0.1) is 0 Å². The van der Waals surface area contributed by atoms with Crippen LogP contribution in [0.1, 0.15) is 26.3 Å². The number of aldehydes is 1. The van der Waals surface area contributed by atoms with Gasteiger partial charge in [0.25, 0.3) is 5.91 Å². The van der Waals surface area contributed by atoms with Gasteiger partial charge >= 0.3 is 0 Å². The molecule has 15 heavy (non-hydrogen) atoms. The molecule has 0 saturated carbocycles. The van der Waals surface area contributed by atoms with Crippen molar-refractivity contribution in [1.29, 1.82) is 5.26 Å². The van der Waals surface area contributed by atoms with Crippen molar-refractivity contribution in [2.24, 2.45) is 5.73 Å². The predicted octanol–water partition coefficient (Wildman–Crippen LogP) is 0.478. The Bertz CT molecular complexity index is 460. The van der Waals surface area contributed by atoms with Crippen LogP contribution >= 0.6 is 0 Å². The summed E-state index contributed by atoms with van der Waals surface area (Å²) < 4.78 is 4.89. The van der Waals surface area contributed by atoms with Gasteiger partial charge in [-0.05, 0) is 12.1 Å². The standard InChI is InChI=1S/C10H8N2O3/c1-15-9-7(10(12)14)3-2-6(5-13)8(9)4-11/h2-3,5H,1H3,(H2,12,14). The predicted molar refractivity (Wildman–Crippen MR) is 51.6 cm³/mol. The monoisotopic (exact) mass is 204 g/mol. The zero-order valence-electron chi connectivity index (χ0n) is 7.98. The lowest BCUT2D eigenvalue weighted by Crippen LogP contribution is -2.13. The van der Waals surface area contributed by atoms with E-state index in [1.807, 2.05) is 0 Å². The second-order valence-corrected chi connectivity index (χ2v) is 2.70. The van der Waals surface area contributed by atoms with Crippen molar-refractivity contribution < 1.29 is 14.3 Å². The van der Waals surface area contributed by atoms with E-state index in [9.17, 15) is 9.59 Å². The lowest BCUT2D eigenvalue weighted by molar-refractivity contribution is 0.0996. The highest BCUT2D eigenvalue weighted by molar-refractivity contribution is 5.98. The number of carbonyl (C=O) groups excluding carboxylic acids is 2. The molecule has 1 amide bonds. The molecule has 0 aromatic heterocycles. The molecule has 76 valence electrons. The van der Waals surface area contributed by atoms with E-state index >= 15 is 0 Å². The van der Waals surface area contributed by atoms with Crippen LogP contribution in [0, 0.1) is 11.3 Å². The smallest absolute Gasteiger partial charge is 0.252 e. The van der Waals surface area contributed by atoms with Crippen molar-refractivity contribution >= 4 is 12.2 Å². The molecular weight excluding hydrogens is 196 g/mol. The van der Waals surface area contributed by atoms with Crippen molar-refractivity contribution in [1.82, 2.24) is 0 Å². The summed E-state index contributed by atoms with van der Waals surface area (Å²) in [5, 5.41) is 8.83. The van der Waals surface area contributed by atoms with E-state index in [2.05, 4.69) is 0 Å². The largest absolute Gasteiger partial charge is 0.495 e. The van der Waals surface area contributed by atoms with Crippen LogP contribution in [0.4, 0.5) is 0 Å². The topological polar surface area (TPSA) is 93.2 Å². The molecule has 2 N–H and O–H groups in total. The average Bonchev–Trinajstić information content (AvgIpc) is 2.26. The van der Waals surface area contributed by atoms with Crippen LogP contribution in [0.5, 0.6) is 5.75 Å². The third kappa shape index (κ3) is 1.79. The molecule has 0 fully saturated rings. The number of nitrogens with two attached hydrogens (primary N) is 1. The highest BCUT2D eigenvalue weighted by Crippen LogP contribution is 2.25. The summed E-state index contributed by atoms with van der Waals surface area (Å²) in [5.74, 6) is -0.671. The fraction of sp³-hybridized carbons (Fsp3) is 0.100. The first-order valence-corrected chi connectivity index (χ1v) is 4.01. The van der Waals surface area contributed by atoms with E-state index in [1.54, 1.807) is 6.07 Å². The van der Waals surface area contributed by atoms with Gasteiger partial charge in [0.1, 0.15) is 17.4 Å². The minimum absolute atomic E-state index is 0.0174. The summed E-state index contributed by atoms with van der Waals surface area (Å²) >= 11 is 0. The molecule has 0 aliphatic heterocycles. The Morgan fingerprint density at radius 1 is 1.60 bits per heavy atom. The number of amides is 1. The molecule has 0 bridgehead atoms. The van der Waals surface area contributed by atoms with E-state index in [4.69, 9.17) is 15.7 Å². The zero-order valence-corrected chi connectivity index (χ0v) is 7.98. The SMILES string of the molecule is COc1c(C(N)=O)ccc(C=O)c1C#N. The first-order chi connectivity index (χ1) is 7.15. The number of benzene rings is 1. The summed E-state index contributed by atoms with van der Waals surface area (Å²) in [6.45, 7) is 0. The van der Waals surface area contributed by atoms with Crippen LogP contribution in [0.15, 0.2) is 12.1 Å². The third-order valence-electron chi connectivity index (χ3n) is 1.90. The van der Waals surface area contributed by atoms with Gasteiger partial charge in [0.05, 0.1) is 12.7 Å². The number of rotatable bonds is 3. The van der Waals surface area contributed by atoms with Crippen molar-refractivity contribution in [3.05, 3.63) is 28.8 Å². The second kappa shape index (κ2) is 4.24. The van der Waals surface area contributed by atoms with Crippen LogP contribution in [-0.2, 0) is 0 Å². The fourth-order valence-corrected chi connectivity index (χ4v) is 1.22. The van der Waals surface area contributed by atoms with Crippen molar-refractivity contribution in [2.75, 3.05) is 7.11 Å². The zero-order chi connectivity index (χ0) is 11.4. The number of hydrogen-bond donors (Lipinski definition) is 1. The van der Waals surface area contributed by atoms with Gasteiger partial charge in [0.15, 0.2) is 6.29 Å². The molecule has 0 saturated heterocycles. The Hall–Kier alpha value is -2.35. The van der Waals surface area contributed by atoms with Gasteiger partial charge in [-0.25, -0.2) is 0 Å². The average molecular weight is 204 g/mol. The van der Waals surface area contributed by atoms with E-state index in [1.165, 1.54) is 19.2 Å². The highest BCUT2D eigenvalue weighted by Gasteiger charge is 2.16. The number of ether oxygens (including phenoxy) is 1. The number of carbonyl (C=O) groups is 2. The van der Waals surface area contributed by atoms with E-state index < -0.39 is 5.91 Å². The maximum absolute atomic E-state index is 11.0. The van der Waals surface area contributed by atoms with Crippen molar-refractivity contribution in [2.45, 2.75) is 0 Å². The summed E-state index contributed by atoms with van der Waals surface area (Å²) in [6.07, 6.45) is 0.520. The molecule has 0 radical (unpaired) electrons. The summed E-state index contributed by atoms with van der Waals surface area (Å²) in [7, 11) is 1.30. The molecule has 5 heteroatoms. The van der Waals surface area contributed by atoms with E-state index in [0.717, 1.165) is 0 Å². The molecule has 5 nitrogen and oxygen atoms in total. The quantitative estimate of drug-likeness (QED) is 0.724. The molecule has 0 unspecified atom stereocenters. The van der Waals surface area contributed by atoms with Crippen LogP contribution in [0.2, 0.25) is 0 Å². The molecule has 0 atom stereocenters. The molecule has 1 rings (SSSR count). The fourth-order valence-electron chi connectivity index (χ4n) is 1.22. The maximum atomic E-state index is 11.0. The minimum atomic E-state index is -0.708. The number of nitriles is 1. The number of methoxy groups -OCH3 is 1. The molecule has 0 heterocycles. The van der Waals surface area contributed by atoms with Crippen LogP contribution in [-0.4, -0.2) is 19.3 Å². The summed E-state index contributed by atoms with van der Waals surface area (Å²) in [4.78, 5) is 21.6. The molecule has 0 aliphatic rings. The third-order valence-corrected chi connectivity index (χ3v) is 1.90. The summed E-state index contributed by atoms with van der Waals surface area (Å²) in [5.41, 5.74) is 5.36. The number of hydrogen-bond acceptors (Lipinski definition) is 4. The van der Waals surface area contributed by atoms with E-state index in [-0.39, 0.29) is 22.4 Å². The normalized spacial score (nSPS) is 9.07. The molecule has 0 spiro atoms. The Morgan fingerprint density at radius 2 is 2.27 bits per heavy atom. The van der Waals surface area contributed by atoms with Crippen LogP contribution in [0.25, 0.3) is 0 Å². The van der Waals surface area contributed by atoms with Crippen molar-refractivity contribution in [3.63, 3.8) is 0 Å². The first-order valence-electron chi connectivity index (χ1n) is 4.01. The van der Waals surface area contributed by atoms with Gasteiger partial charge in [0.2, 0.25) is 0 Å². The molecule has 1 aromatic rings. The molecule has 1 aromatic carbocycles. The molecular formula is C10H8N2O3. The minimum Gasteiger partial charge on any atom is -0.495 e. The number of nitrogens with zero attached hydrogens (tertiary/aromatic N) is 1. The van der Waals surface area contributed by atoms with Crippen LogP contribution in [0.3, 0.4) is 0 Å².